The molecule has 2 nitrogen and oxygen atoms in total. The van der Waals surface area contributed by atoms with Gasteiger partial charge < -0.3 is 0 Å². The van der Waals surface area contributed by atoms with Crippen molar-refractivity contribution in [1.82, 2.24) is 0 Å². The molecule has 0 unspecified atom stereocenters. The van der Waals surface area contributed by atoms with Gasteiger partial charge in [0.25, 0.3) is 0 Å². The van der Waals surface area contributed by atoms with Crippen LogP contribution in [0.4, 0.5) is 0 Å². The Bertz CT molecular complexity index is 558. The molecule has 1 aromatic heterocycles. The molecule has 0 N–H and O–H groups in total. The fourth-order valence-corrected chi connectivity index (χ4v) is 1.65. The molecule has 0 bridgehead atoms. The highest BCUT2D eigenvalue weighted by Crippen LogP contribution is 2.10. The zero-order valence-electron chi connectivity index (χ0n) is 9.71. The van der Waals surface area contributed by atoms with Crippen molar-refractivity contribution in [1.29, 1.82) is 0 Å². The van der Waals surface area contributed by atoms with Gasteiger partial charge in [-0.2, -0.15) is 0 Å². The van der Waals surface area contributed by atoms with Crippen LogP contribution < -0.4 is 4.57 Å². The van der Waals surface area contributed by atoms with E-state index >= 15 is 0 Å². The molecule has 0 fully saturated rings. The Morgan fingerprint density at radius 3 is 2.35 bits per heavy atom. The van der Waals surface area contributed by atoms with Crippen LogP contribution in [0.1, 0.15) is 21.6 Å². The number of carbonyl (C=O) groups excluding carboxylic acids is 1. The monoisotopic (exact) mass is 224 g/mol. The van der Waals surface area contributed by atoms with E-state index < -0.39 is 0 Å². The van der Waals surface area contributed by atoms with Crippen molar-refractivity contribution in [3.8, 4) is 0 Å². The van der Waals surface area contributed by atoms with Crippen molar-refractivity contribution in [3.05, 3.63) is 65.5 Å². The third-order valence-corrected chi connectivity index (χ3v) is 2.65. The second-order valence-corrected chi connectivity index (χ2v) is 3.82. The topological polar surface area (TPSA) is 20.9 Å². The van der Waals surface area contributed by atoms with Crippen molar-refractivity contribution in [2.75, 3.05) is 0 Å². The minimum absolute atomic E-state index is 0.710. The van der Waals surface area contributed by atoms with Gasteiger partial charge in [0.1, 0.15) is 7.05 Å². The van der Waals surface area contributed by atoms with Crippen molar-refractivity contribution in [3.63, 3.8) is 0 Å². The van der Waals surface area contributed by atoms with E-state index in [0.29, 0.717) is 5.56 Å². The van der Waals surface area contributed by atoms with E-state index in [0.717, 1.165) is 17.5 Å². The highest BCUT2D eigenvalue weighted by atomic mass is 16.1. The lowest BCUT2D eigenvalue weighted by atomic mass is 10.1. The zero-order valence-corrected chi connectivity index (χ0v) is 9.71. The molecule has 0 aliphatic rings. The fraction of sp³-hybridized carbons (Fsp3) is 0.0667. The van der Waals surface area contributed by atoms with Crippen LogP contribution in [0.15, 0.2) is 48.7 Å². The summed E-state index contributed by atoms with van der Waals surface area (Å²) in [6.45, 7) is 0. The summed E-state index contributed by atoms with van der Waals surface area (Å²) in [4.78, 5) is 10.9. The standard InChI is InChI=1S/C15H14NO/c1-16-11-5-4-8-15(16)10-9-13-6-2-3-7-14(13)12-17/h2-12H,1H3/q+1/b10-9+. The average molecular weight is 224 g/mol. The number of aryl methyl sites for hydroxylation is 1. The lowest BCUT2D eigenvalue weighted by Crippen LogP contribution is -2.30. The summed E-state index contributed by atoms with van der Waals surface area (Å²) >= 11 is 0. The Kier molecular flexibility index (Phi) is 3.46. The molecule has 2 rings (SSSR count). The minimum Gasteiger partial charge on any atom is -0.298 e. The summed E-state index contributed by atoms with van der Waals surface area (Å²) in [5.41, 5.74) is 2.74. The molecule has 0 saturated carbocycles. The maximum absolute atomic E-state index is 10.9. The maximum Gasteiger partial charge on any atom is 0.204 e. The highest BCUT2D eigenvalue weighted by Gasteiger charge is 2.00. The predicted molar refractivity (Wildman–Crippen MR) is 68.4 cm³/mol. The second-order valence-electron chi connectivity index (χ2n) is 3.82. The molecule has 17 heavy (non-hydrogen) atoms. The Morgan fingerprint density at radius 1 is 0.941 bits per heavy atom. The van der Waals surface area contributed by atoms with Crippen molar-refractivity contribution >= 4 is 18.4 Å². The molecule has 2 aromatic rings. The largest absolute Gasteiger partial charge is 0.298 e. The van der Waals surface area contributed by atoms with Gasteiger partial charge in [0, 0.05) is 23.8 Å². The Balaban J connectivity index is 2.32. The summed E-state index contributed by atoms with van der Waals surface area (Å²) in [5.74, 6) is 0. The van der Waals surface area contributed by atoms with Gasteiger partial charge in [-0.15, -0.1) is 0 Å². The van der Waals surface area contributed by atoms with Crippen molar-refractivity contribution < 1.29 is 9.36 Å². The number of hydrogen-bond acceptors (Lipinski definition) is 1. The van der Waals surface area contributed by atoms with Crippen LogP contribution in [-0.4, -0.2) is 6.29 Å². The Labute approximate surface area is 101 Å². The van der Waals surface area contributed by atoms with E-state index in [1.54, 1.807) is 0 Å². The smallest absolute Gasteiger partial charge is 0.204 e. The Hall–Kier alpha value is -2.22. The maximum atomic E-state index is 10.9. The van der Waals surface area contributed by atoms with Gasteiger partial charge in [0.05, 0.1) is 0 Å². The molecule has 0 saturated heterocycles. The number of carbonyl (C=O) groups is 1. The van der Waals surface area contributed by atoms with E-state index in [-0.39, 0.29) is 0 Å². The molecule has 0 aliphatic carbocycles. The normalized spacial score (nSPS) is 10.6. The summed E-state index contributed by atoms with van der Waals surface area (Å²) in [7, 11) is 1.99. The number of aldehydes is 1. The molecular formula is C15H14NO+. The molecule has 2 heteroatoms. The van der Waals surface area contributed by atoms with E-state index in [1.807, 2.05) is 72.4 Å². The first-order chi connectivity index (χ1) is 8.31. The van der Waals surface area contributed by atoms with E-state index in [1.165, 1.54) is 0 Å². The molecule has 1 aromatic carbocycles. The first-order valence-electron chi connectivity index (χ1n) is 5.48. The van der Waals surface area contributed by atoms with E-state index in [2.05, 4.69) is 0 Å². The van der Waals surface area contributed by atoms with Gasteiger partial charge in [-0.3, -0.25) is 4.79 Å². The Morgan fingerprint density at radius 2 is 1.65 bits per heavy atom. The van der Waals surface area contributed by atoms with Crippen LogP contribution in [0.25, 0.3) is 12.2 Å². The second kappa shape index (κ2) is 5.21. The predicted octanol–water partition coefficient (Wildman–Crippen LogP) is 2.49. The van der Waals surface area contributed by atoms with E-state index in [9.17, 15) is 4.79 Å². The molecule has 0 radical (unpaired) electrons. The summed E-state index contributed by atoms with van der Waals surface area (Å²) < 4.78 is 2.03. The first kappa shape index (κ1) is 11.3. The van der Waals surface area contributed by atoms with Gasteiger partial charge >= 0.3 is 0 Å². The SMILES string of the molecule is C[n+]1ccccc1/C=C/c1ccccc1C=O. The van der Waals surface area contributed by atoms with Crippen LogP contribution in [0.3, 0.4) is 0 Å². The van der Waals surface area contributed by atoms with Crippen LogP contribution in [0.5, 0.6) is 0 Å². The van der Waals surface area contributed by atoms with Gasteiger partial charge in [0.15, 0.2) is 12.5 Å². The van der Waals surface area contributed by atoms with Crippen LogP contribution in [0.2, 0.25) is 0 Å². The minimum atomic E-state index is 0.710. The summed E-state index contributed by atoms with van der Waals surface area (Å²) in [5, 5.41) is 0. The summed E-state index contributed by atoms with van der Waals surface area (Å²) in [6, 6.07) is 13.5. The van der Waals surface area contributed by atoms with E-state index in [4.69, 9.17) is 0 Å². The van der Waals surface area contributed by atoms with Crippen molar-refractivity contribution in [2.24, 2.45) is 7.05 Å². The molecule has 1 heterocycles. The lowest BCUT2D eigenvalue weighted by Gasteiger charge is -1.97. The quantitative estimate of drug-likeness (QED) is 0.579. The molecule has 84 valence electrons. The number of nitrogens with zero attached hydrogens (tertiary/aromatic N) is 1. The number of hydrogen-bond donors (Lipinski definition) is 0. The number of aromatic nitrogens is 1. The van der Waals surface area contributed by atoms with Crippen molar-refractivity contribution in [2.45, 2.75) is 0 Å². The molecular weight excluding hydrogens is 210 g/mol. The van der Waals surface area contributed by atoms with Gasteiger partial charge in [-0.1, -0.05) is 24.3 Å². The summed E-state index contributed by atoms with van der Waals surface area (Å²) in [6.07, 6.45) is 6.83. The lowest BCUT2D eigenvalue weighted by molar-refractivity contribution is -0.673. The van der Waals surface area contributed by atoms with Crippen LogP contribution in [0, 0.1) is 0 Å². The third-order valence-electron chi connectivity index (χ3n) is 2.65. The van der Waals surface area contributed by atoms with Crippen LogP contribution >= 0.6 is 0 Å². The average Bonchev–Trinajstić information content (AvgIpc) is 2.38. The van der Waals surface area contributed by atoms with Gasteiger partial charge in [-0.25, -0.2) is 4.57 Å². The fourth-order valence-electron chi connectivity index (χ4n) is 1.65. The van der Waals surface area contributed by atoms with Gasteiger partial charge in [-0.05, 0) is 17.7 Å². The first-order valence-corrected chi connectivity index (χ1v) is 5.48. The zero-order chi connectivity index (χ0) is 12.1. The third kappa shape index (κ3) is 2.67. The molecule has 0 amide bonds. The highest BCUT2D eigenvalue weighted by molar-refractivity contribution is 5.84. The van der Waals surface area contributed by atoms with Crippen LogP contribution in [-0.2, 0) is 7.05 Å². The molecule has 0 atom stereocenters. The number of rotatable bonds is 3. The number of benzene rings is 1. The molecule has 0 aliphatic heterocycles. The van der Waals surface area contributed by atoms with Gasteiger partial charge in [0.2, 0.25) is 5.69 Å². The molecule has 0 spiro atoms. The number of pyridine rings is 1.